The lowest BCUT2D eigenvalue weighted by Crippen LogP contribution is -2.29. The van der Waals surface area contributed by atoms with Gasteiger partial charge >= 0.3 is 5.97 Å². The second kappa shape index (κ2) is 6.49. The summed E-state index contributed by atoms with van der Waals surface area (Å²) in [6.07, 6.45) is 1.68. The van der Waals surface area contributed by atoms with E-state index < -0.39 is 5.97 Å². The van der Waals surface area contributed by atoms with Gasteiger partial charge in [-0.2, -0.15) is 0 Å². The molecule has 6 heteroatoms. The molecule has 0 bridgehead atoms. The lowest BCUT2D eigenvalue weighted by Gasteiger charge is -2.16. The van der Waals surface area contributed by atoms with E-state index in [1.807, 2.05) is 24.4 Å². The maximum Gasteiger partial charge on any atom is 0.317 e. The first-order chi connectivity index (χ1) is 9.60. The lowest BCUT2D eigenvalue weighted by atomic mass is 10.3. The van der Waals surface area contributed by atoms with Crippen molar-refractivity contribution >= 4 is 17.3 Å². The molecule has 2 heterocycles. The lowest BCUT2D eigenvalue weighted by molar-refractivity contribution is -0.138. The zero-order valence-electron chi connectivity index (χ0n) is 11.2. The average Bonchev–Trinajstić information content (AvgIpc) is 2.99. The average molecular weight is 292 g/mol. The van der Waals surface area contributed by atoms with Crippen LogP contribution >= 0.6 is 11.3 Å². The number of oxazole rings is 1. The first-order valence-corrected chi connectivity index (χ1v) is 7.03. The van der Waals surface area contributed by atoms with E-state index in [1.54, 1.807) is 22.3 Å². The Morgan fingerprint density at radius 3 is 3.05 bits per heavy atom. The Balaban J connectivity index is 2.15. The van der Waals surface area contributed by atoms with E-state index in [-0.39, 0.29) is 6.54 Å². The number of thiophene rings is 1. The monoisotopic (exact) mass is 292 g/mol. The highest BCUT2D eigenvalue weighted by Crippen LogP contribution is 2.26. The van der Waals surface area contributed by atoms with Gasteiger partial charge in [0.15, 0.2) is 0 Å². The highest BCUT2D eigenvalue weighted by molar-refractivity contribution is 7.13. The Labute approximate surface area is 121 Å². The van der Waals surface area contributed by atoms with Crippen molar-refractivity contribution in [2.24, 2.45) is 0 Å². The summed E-state index contributed by atoms with van der Waals surface area (Å²) in [6.45, 7) is 6.35. The SMILES string of the molecule is C=CCN(CC(=O)O)Cc1nc(-c2cccs2)oc1C. The van der Waals surface area contributed by atoms with Crippen LogP contribution in [0.2, 0.25) is 0 Å². The molecule has 0 aromatic carbocycles. The van der Waals surface area contributed by atoms with E-state index >= 15 is 0 Å². The van der Waals surface area contributed by atoms with E-state index in [2.05, 4.69) is 11.6 Å². The predicted octanol–water partition coefficient (Wildman–Crippen LogP) is 2.78. The smallest absolute Gasteiger partial charge is 0.317 e. The standard InChI is InChI=1S/C14H16N2O3S/c1-3-6-16(9-13(17)18)8-11-10(2)19-14(15-11)12-5-4-7-20-12/h3-5,7H,1,6,8-9H2,2H3,(H,17,18). The van der Waals surface area contributed by atoms with Crippen LogP contribution in [-0.2, 0) is 11.3 Å². The molecule has 1 N–H and O–H groups in total. The molecule has 0 saturated carbocycles. The van der Waals surface area contributed by atoms with E-state index in [4.69, 9.17) is 9.52 Å². The minimum atomic E-state index is -0.869. The molecule has 0 aliphatic rings. The minimum Gasteiger partial charge on any atom is -0.480 e. The zero-order chi connectivity index (χ0) is 14.5. The van der Waals surface area contributed by atoms with E-state index in [1.165, 1.54) is 0 Å². The van der Waals surface area contributed by atoms with Crippen molar-refractivity contribution in [2.45, 2.75) is 13.5 Å². The van der Waals surface area contributed by atoms with Crippen LogP contribution in [0.15, 0.2) is 34.6 Å². The van der Waals surface area contributed by atoms with Crippen LogP contribution in [-0.4, -0.2) is 34.0 Å². The summed E-state index contributed by atoms with van der Waals surface area (Å²) in [5.74, 6) is 0.431. The number of aryl methyl sites for hydroxylation is 1. The number of hydrogen-bond acceptors (Lipinski definition) is 5. The Morgan fingerprint density at radius 1 is 1.65 bits per heavy atom. The van der Waals surface area contributed by atoms with Crippen molar-refractivity contribution < 1.29 is 14.3 Å². The van der Waals surface area contributed by atoms with Crippen molar-refractivity contribution in [2.75, 3.05) is 13.1 Å². The molecule has 2 aromatic rings. The molecule has 0 atom stereocenters. The molecule has 0 spiro atoms. The Bertz CT molecular complexity index is 590. The fraction of sp³-hybridized carbons (Fsp3) is 0.286. The van der Waals surface area contributed by atoms with Gasteiger partial charge in [-0.25, -0.2) is 4.98 Å². The quantitative estimate of drug-likeness (QED) is 0.795. The number of carboxylic acids is 1. The van der Waals surface area contributed by atoms with Crippen molar-refractivity contribution in [3.05, 3.63) is 41.6 Å². The van der Waals surface area contributed by atoms with Crippen molar-refractivity contribution in [3.63, 3.8) is 0 Å². The first kappa shape index (κ1) is 14.5. The van der Waals surface area contributed by atoms with Crippen LogP contribution < -0.4 is 0 Å². The molecule has 0 aliphatic carbocycles. The van der Waals surface area contributed by atoms with Gasteiger partial charge in [0, 0.05) is 13.1 Å². The third kappa shape index (κ3) is 3.55. The summed E-state index contributed by atoms with van der Waals surface area (Å²) in [5.41, 5.74) is 0.761. The Kier molecular flexibility index (Phi) is 4.70. The summed E-state index contributed by atoms with van der Waals surface area (Å²) < 4.78 is 5.64. The molecule has 0 unspecified atom stereocenters. The van der Waals surface area contributed by atoms with Gasteiger partial charge in [-0.3, -0.25) is 9.69 Å². The fourth-order valence-electron chi connectivity index (χ4n) is 1.85. The third-order valence-corrected chi connectivity index (χ3v) is 3.60. The van der Waals surface area contributed by atoms with Crippen LogP contribution in [0.1, 0.15) is 11.5 Å². The molecular formula is C14H16N2O3S. The largest absolute Gasteiger partial charge is 0.480 e. The van der Waals surface area contributed by atoms with Crippen molar-refractivity contribution in [3.8, 4) is 10.8 Å². The summed E-state index contributed by atoms with van der Waals surface area (Å²) >= 11 is 1.56. The number of carboxylic acid groups (broad SMARTS) is 1. The van der Waals surface area contributed by atoms with Gasteiger partial charge in [0.2, 0.25) is 5.89 Å². The Morgan fingerprint density at radius 2 is 2.45 bits per heavy atom. The highest BCUT2D eigenvalue weighted by atomic mass is 32.1. The number of carbonyl (C=O) groups is 1. The van der Waals surface area contributed by atoms with Gasteiger partial charge in [-0.15, -0.1) is 17.9 Å². The molecule has 0 radical (unpaired) electrons. The van der Waals surface area contributed by atoms with Crippen molar-refractivity contribution in [1.29, 1.82) is 0 Å². The van der Waals surface area contributed by atoms with Gasteiger partial charge in [-0.1, -0.05) is 12.1 Å². The molecule has 0 aliphatic heterocycles. The highest BCUT2D eigenvalue weighted by Gasteiger charge is 2.16. The second-order valence-corrected chi connectivity index (χ2v) is 5.30. The molecule has 2 rings (SSSR count). The van der Waals surface area contributed by atoms with Gasteiger partial charge in [0.05, 0.1) is 17.1 Å². The number of aromatic nitrogens is 1. The topological polar surface area (TPSA) is 66.6 Å². The molecule has 106 valence electrons. The summed E-state index contributed by atoms with van der Waals surface area (Å²) in [7, 11) is 0. The number of nitrogens with zero attached hydrogens (tertiary/aromatic N) is 2. The van der Waals surface area contributed by atoms with E-state index in [0.717, 1.165) is 10.6 Å². The minimum absolute atomic E-state index is 0.0490. The molecule has 5 nitrogen and oxygen atoms in total. The molecule has 2 aromatic heterocycles. The summed E-state index contributed by atoms with van der Waals surface area (Å²) in [4.78, 5) is 18.0. The maximum atomic E-state index is 10.8. The number of hydrogen-bond donors (Lipinski definition) is 1. The van der Waals surface area contributed by atoms with E-state index in [0.29, 0.717) is 24.7 Å². The Hall–Kier alpha value is -1.92. The normalized spacial score (nSPS) is 10.9. The summed E-state index contributed by atoms with van der Waals surface area (Å²) in [6, 6.07) is 3.88. The molecule has 0 fully saturated rings. The first-order valence-electron chi connectivity index (χ1n) is 6.15. The number of aliphatic carboxylic acids is 1. The second-order valence-electron chi connectivity index (χ2n) is 4.35. The molecular weight excluding hydrogens is 276 g/mol. The summed E-state index contributed by atoms with van der Waals surface area (Å²) in [5, 5.41) is 10.9. The van der Waals surface area contributed by atoms with Crippen LogP contribution in [0.25, 0.3) is 10.8 Å². The number of rotatable bonds is 7. The van der Waals surface area contributed by atoms with Gasteiger partial charge in [-0.05, 0) is 18.4 Å². The van der Waals surface area contributed by atoms with Crippen LogP contribution in [0.4, 0.5) is 0 Å². The van der Waals surface area contributed by atoms with Gasteiger partial charge in [0.1, 0.15) is 5.76 Å². The van der Waals surface area contributed by atoms with Crippen LogP contribution in [0.3, 0.4) is 0 Å². The van der Waals surface area contributed by atoms with E-state index in [9.17, 15) is 4.79 Å². The third-order valence-electron chi connectivity index (χ3n) is 2.74. The van der Waals surface area contributed by atoms with Crippen LogP contribution in [0.5, 0.6) is 0 Å². The van der Waals surface area contributed by atoms with Crippen molar-refractivity contribution in [1.82, 2.24) is 9.88 Å². The van der Waals surface area contributed by atoms with Crippen LogP contribution in [0, 0.1) is 6.92 Å². The predicted molar refractivity (Wildman–Crippen MR) is 77.7 cm³/mol. The van der Waals surface area contributed by atoms with Gasteiger partial charge in [0.25, 0.3) is 0 Å². The molecule has 20 heavy (non-hydrogen) atoms. The van der Waals surface area contributed by atoms with Gasteiger partial charge < -0.3 is 9.52 Å². The molecule has 0 amide bonds. The zero-order valence-corrected chi connectivity index (χ0v) is 12.0. The molecule has 0 saturated heterocycles. The maximum absolute atomic E-state index is 10.8. The fourth-order valence-corrected chi connectivity index (χ4v) is 2.50.